The van der Waals surface area contributed by atoms with Gasteiger partial charge in [-0.05, 0) is 23.4 Å². The van der Waals surface area contributed by atoms with Crippen molar-refractivity contribution in [3.8, 4) is 5.75 Å². The summed E-state index contributed by atoms with van der Waals surface area (Å²) < 4.78 is 10.0. The highest BCUT2D eigenvalue weighted by Gasteiger charge is 2.09. The van der Waals surface area contributed by atoms with Gasteiger partial charge in [-0.2, -0.15) is 4.80 Å². The summed E-state index contributed by atoms with van der Waals surface area (Å²) in [6.45, 7) is 0.148. The van der Waals surface area contributed by atoms with E-state index in [0.29, 0.717) is 22.8 Å². The Hall–Kier alpha value is -2.64. The Morgan fingerprint density at radius 3 is 2.84 bits per heavy atom. The van der Waals surface area contributed by atoms with Crippen LogP contribution >= 0.6 is 0 Å². The number of benzene rings is 1. The Bertz CT molecular complexity index is 596. The number of esters is 1. The smallest absolute Gasteiger partial charge is 0.337 e. The fourth-order valence-electron chi connectivity index (χ4n) is 1.45. The van der Waals surface area contributed by atoms with E-state index in [9.17, 15) is 4.79 Å². The number of rotatable bonds is 4. The predicted octanol–water partition coefficient (Wildman–Crippen LogP) is 0.158. The lowest BCUT2D eigenvalue weighted by molar-refractivity contribution is 0.0600. The first kappa shape index (κ1) is 12.8. The quantitative estimate of drug-likeness (QED) is 0.618. The first-order valence-corrected chi connectivity index (χ1v) is 5.43. The summed E-state index contributed by atoms with van der Waals surface area (Å²) in [5.74, 6) is 0.438. The molecule has 0 radical (unpaired) electrons. The van der Waals surface area contributed by atoms with E-state index in [2.05, 4.69) is 20.1 Å². The number of nitrogens with two attached hydrogens (primary N) is 1. The summed E-state index contributed by atoms with van der Waals surface area (Å²) >= 11 is 0. The number of tetrazole rings is 1. The number of aryl methyl sites for hydroxylation is 1. The van der Waals surface area contributed by atoms with E-state index in [4.69, 9.17) is 10.5 Å². The SMILES string of the molecule is COC(=O)c1ccc(OCc2nnn(C)n2)c(N)c1. The van der Waals surface area contributed by atoms with Crippen molar-refractivity contribution in [3.05, 3.63) is 29.6 Å². The molecule has 0 spiro atoms. The molecule has 0 bridgehead atoms. The van der Waals surface area contributed by atoms with Crippen LogP contribution in [0.2, 0.25) is 0 Å². The van der Waals surface area contributed by atoms with Gasteiger partial charge in [0.25, 0.3) is 0 Å². The number of aromatic nitrogens is 4. The molecule has 0 unspecified atom stereocenters. The van der Waals surface area contributed by atoms with Gasteiger partial charge in [0.2, 0.25) is 5.82 Å². The molecule has 2 N–H and O–H groups in total. The number of carbonyl (C=O) groups is 1. The number of hydrogen-bond donors (Lipinski definition) is 1. The van der Waals surface area contributed by atoms with Crippen LogP contribution in [0.15, 0.2) is 18.2 Å². The van der Waals surface area contributed by atoms with E-state index in [-0.39, 0.29) is 6.61 Å². The number of nitrogen functional groups attached to an aromatic ring is 1. The molecule has 0 saturated carbocycles. The van der Waals surface area contributed by atoms with E-state index >= 15 is 0 Å². The van der Waals surface area contributed by atoms with Crippen molar-refractivity contribution in [1.29, 1.82) is 0 Å². The second-order valence-corrected chi connectivity index (χ2v) is 3.73. The molecule has 8 nitrogen and oxygen atoms in total. The topological polar surface area (TPSA) is 105 Å². The van der Waals surface area contributed by atoms with Crippen LogP contribution in [0.5, 0.6) is 5.75 Å². The minimum absolute atomic E-state index is 0.148. The summed E-state index contributed by atoms with van der Waals surface area (Å²) in [6, 6.07) is 4.66. The summed E-state index contributed by atoms with van der Waals surface area (Å²) in [5.41, 5.74) is 6.49. The third-order valence-corrected chi connectivity index (χ3v) is 2.34. The summed E-state index contributed by atoms with van der Waals surface area (Å²) in [4.78, 5) is 12.6. The van der Waals surface area contributed by atoms with E-state index in [1.165, 1.54) is 18.0 Å². The number of carbonyl (C=O) groups excluding carboxylic acids is 1. The number of anilines is 1. The second-order valence-electron chi connectivity index (χ2n) is 3.73. The lowest BCUT2D eigenvalue weighted by atomic mass is 10.2. The maximum atomic E-state index is 11.3. The van der Waals surface area contributed by atoms with Crippen molar-refractivity contribution < 1.29 is 14.3 Å². The monoisotopic (exact) mass is 263 g/mol. The Kier molecular flexibility index (Phi) is 3.60. The molecule has 0 aliphatic carbocycles. The highest BCUT2D eigenvalue weighted by molar-refractivity contribution is 5.90. The number of ether oxygens (including phenoxy) is 2. The lowest BCUT2D eigenvalue weighted by Crippen LogP contribution is -2.05. The van der Waals surface area contributed by atoms with Gasteiger partial charge in [-0.25, -0.2) is 4.79 Å². The maximum Gasteiger partial charge on any atom is 0.337 e. The van der Waals surface area contributed by atoms with Crippen molar-refractivity contribution in [2.45, 2.75) is 6.61 Å². The summed E-state index contributed by atoms with van der Waals surface area (Å²) in [5, 5.41) is 11.4. The highest BCUT2D eigenvalue weighted by atomic mass is 16.5. The number of hydrogen-bond acceptors (Lipinski definition) is 7. The van der Waals surface area contributed by atoms with E-state index in [0.717, 1.165) is 0 Å². The van der Waals surface area contributed by atoms with Crippen LogP contribution in [0.4, 0.5) is 5.69 Å². The minimum atomic E-state index is -0.450. The minimum Gasteiger partial charge on any atom is -0.483 e. The normalized spacial score (nSPS) is 10.2. The fourth-order valence-corrected chi connectivity index (χ4v) is 1.45. The van der Waals surface area contributed by atoms with Gasteiger partial charge in [0, 0.05) is 0 Å². The molecule has 2 aromatic rings. The number of methoxy groups -OCH3 is 1. The average molecular weight is 263 g/mol. The van der Waals surface area contributed by atoms with Crippen LogP contribution in [-0.4, -0.2) is 33.3 Å². The van der Waals surface area contributed by atoms with Gasteiger partial charge in [-0.3, -0.25) is 0 Å². The standard InChI is InChI=1S/C11H13N5O3/c1-16-14-10(13-15-16)6-19-9-4-3-7(5-8(9)12)11(17)18-2/h3-5H,6,12H2,1-2H3. The van der Waals surface area contributed by atoms with Crippen molar-refractivity contribution >= 4 is 11.7 Å². The van der Waals surface area contributed by atoms with E-state index < -0.39 is 5.97 Å². The molecule has 0 aliphatic rings. The molecular formula is C11H13N5O3. The third kappa shape index (κ3) is 2.97. The number of nitrogens with zero attached hydrogens (tertiary/aromatic N) is 4. The van der Waals surface area contributed by atoms with Crippen LogP contribution < -0.4 is 10.5 Å². The van der Waals surface area contributed by atoms with Crippen molar-refractivity contribution in [3.63, 3.8) is 0 Å². The highest BCUT2D eigenvalue weighted by Crippen LogP contribution is 2.23. The average Bonchev–Trinajstić information content (AvgIpc) is 2.82. The summed E-state index contributed by atoms with van der Waals surface area (Å²) in [7, 11) is 2.97. The van der Waals surface area contributed by atoms with Gasteiger partial charge in [0.05, 0.1) is 25.4 Å². The van der Waals surface area contributed by atoms with Gasteiger partial charge >= 0.3 is 5.97 Å². The first-order valence-electron chi connectivity index (χ1n) is 5.43. The van der Waals surface area contributed by atoms with Crippen molar-refractivity contribution in [1.82, 2.24) is 20.2 Å². The van der Waals surface area contributed by atoms with Gasteiger partial charge < -0.3 is 15.2 Å². The van der Waals surface area contributed by atoms with Gasteiger partial charge in [0.1, 0.15) is 5.75 Å². The van der Waals surface area contributed by atoms with Crippen LogP contribution in [0.1, 0.15) is 16.2 Å². The van der Waals surface area contributed by atoms with Crippen molar-refractivity contribution in [2.75, 3.05) is 12.8 Å². The zero-order chi connectivity index (χ0) is 13.8. The molecule has 1 aromatic heterocycles. The maximum absolute atomic E-state index is 11.3. The van der Waals surface area contributed by atoms with E-state index in [1.54, 1.807) is 19.2 Å². The Labute approximate surface area is 109 Å². The Balaban J connectivity index is 2.07. The molecule has 1 aromatic carbocycles. The Morgan fingerprint density at radius 1 is 1.47 bits per heavy atom. The van der Waals surface area contributed by atoms with Gasteiger partial charge in [0.15, 0.2) is 6.61 Å². The molecule has 8 heteroatoms. The zero-order valence-electron chi connectivity index (χ0n) is 10.5. The summed E-state index contributed by atoms with van der Waals surface area (Å²) in [6.07, 6.45) is 0. The zero-order valence-corrected chi connectivity index (χ0v) is 10.5. The van der Waals surface area contributed by atoms with Crippen molar-refractivity contribution in [2.24, 2.45) is 7.05 Å². The molecule has 0 fully saturated rings. The first-order chi connectivity index (χ1) is 9.10. The lowest BCUT2D eigenvalue weighted by Gasteiger charge is -2.08. The van der Waals surface area contributed by atoms with Gasteiger partial charge in [-0.15, -0.1) is 10.2 Å². The van der Waals surface area contributed by atoms with Crippen LogP contribution in [0.3, 0.4) is 0 Å². The van der Waals surface area contributed by atoms with Crippen LogP contribution in [0, 0.1) is 0 Å². The molecule has 100 valence electrons. The van der Waals surface area contributed by atoms with Crippen LogP contribution in [-0.2, 0) is 18.4 Å². The fraction of sp³-hybridized carbons (Fsp3) is 0.273. The Morgan fingerprint density at radius 2 is 2.26 bits per heavy atom. The largest absolute Gasteiger partial charge is 0.483 e. The molecule has 0 aliphatic heterocycles. The van der Waals surface area contributed by atoms with E-state index in [1.807, 2.05) is 0 Å². The third-order valence-electron chi connectivity index (χ3n) is 2.34. The molecule has 0 amide bonds. The van der Waals surface area contributed by atoms with Gasteiger partial charge in [-0.1, -0.05) is 0 Å². The predicted molar refractivity (Wildman–Crippen MR) is 65.3 cm³/mol. The molecule has 19 heavy (non-hydrogen) atoms. The molecule has 2 rings (SSSR count). The molecular weight excluding hydrogens is 250 g/mol. The molecule has 1 heterocycles. The molecule has 0 saturated heterocycles. The second kappa shape index (κ2) is 5.34. The molecule has 0 atom stereocenters. The van der Waals surface area contributed by atoms with Crippen LogP contribution in [0.25, 0.3) is 0 Å².